The fourth-order valence-corrected chi connectivity index (χ4v) is 4.66. The molecule has 3 N–H and O–H groups in total. The van der Waals surface area contributed by atoms with Gasteiger partial charge in [-0.15, -0.1) is 0 Å². The third-order valence-corrected chi connectivity index (χ3v) is 6.18. The number of rotatable bonds is 8. The number of likely N-dealkylation sites (N-methyl/N-ethyl adjacent to an activating group) is 1. The van der Waals surface area contributed by atoms with E-state index in [1.165, 1.54) is 0 Å². The van der Waals surface area contributed by atoms with Crippen LogP contribution in [-0.2, 0) is 17.8 Å². The van der Waals surface area contributed by atoms with Gasteiger partial charge < -0.3 is 14.8 Å². The number of carboxylic acid groups (broad SMARTS) is 1. The Hall–Kier alpha value is -3.09. The van der Waals surface area contributed by atoms with Crippen molar-refractivity contribution in [1.82, 2.24) is 15.2 Å². The van der Waals surface area contributed by atoms with Crippen molar-refractivity contribution in [3.8, 4) is 5.75 Å². The van der Waals surface area contributed by atoms with Crippen LogP contribution in [0.3, 0.4) is 0 Å². The van der Waals surface area contributed by atoms with Crippen LogP contribution in [0.1, 0.15) is 42.3 Å². The van der Waals surface area contributed by atoms with Crippen LogP contribution in [0.15, 0.2) is 54.6 Å². The lowest BCUT2D eigenvalue weighted by Gasteiger charge is -2.30. The summed E-state index contributed by atoms with van der Waals surface area (Å²) >= 11 is 0. The molecule has 0 fully saturated rings. The van der Waals surface area contributed by atoms with E-state index in [2.05, 4.69) is 40.8 Å². The second kappa shape index (κ2) is 9.18. The van der Waals surface area contributed by atoms with Gasteiger partial charge in [-0.25, -0.2) is 0 Å². The number of nitrogens with zero attached hydrogens (tertiary/aromatic N) is 1. The summed E-state index contributed by atoms with van der Waals surface area (Å²) < 4.78 is 5.64. The highest BCUT2D eigenvalue weighted by Crippen LogP contribution is 2.36. The highest BCUT2D eigenvalue weighted by atomic mass is 16.5. The summed E-state index contributed by atoms with van der Waals surface area (Å²) in [4.78, 5) is 17.8. The normalized spacial score (nSPS) is 18.0. The van der Waals surface area contributed by atoms with Gasteiger partial charge in [0.1, 0.15) is 11.8 Å². The lowest BCUT2D eigenvalue weighted by molar-refractivity contribution is -0.139. The van der Waals surface area contributed by atoms with Crippen molar-refractivity contribution >= 4 is 16.9 Å². The second-order valence-corrected chi connectivity index (χ2v) is 8.59. The molecule has 6 nitrogen and oxygen atoms in total. The summed E-state index contributed by atoms with van der Waals surface area (Å²) in [6.45, 7) is 10.7. The van der Waals surface area contributed by atoms with Crippen molar-refractivity contribution < 1.29 is 14.6 Å². The highest BCUT2D eigenvalue weighted by molar-refractivity contribution is 5.87. The number of aromatic amines is 1. The molecule has 168 valence electrons. The van der Waals surface area contributed by atoms with Gasteiger partial charge in [0.05, 0.1) is 13.2 Å². The number of aromatic nitrogens is 1. The predicted octanol–water partition coefficient (Wildman–Crippen LogP) is 4.26. The summed E-state index contributed by atoms with van der Waals surface area (Å²) in [6.07, 6.45) is 0.455. The molecular weight excluding hydrogens is 402 g/mol. The molecule has 0 bridgehead atoms. The number of nitrogens with one attached hydrogen (secondary N) is 2. The Kier molecular flexibility index (Phi) is 6.35. The van der Waals surface area contributed by atoms with E-state index in [-0.39, 0.29) is 6.04 Å². The zero-order valence-corrected chi connectivity index (χ0v) is 18.9. The maximum atomic E-state index is 11.9. The number of hydrogen-bond acceptors (Lipinski definition) is 4. The Morgan fingerprint density at radius 1 is 1.28 bits per heavy atom. The molecule has 2 aromatic carbocycles. The Morgan fingerprint density at radius 3 is 2.75 bits per heavy atom. The van der Waals surface area contributed by atoms with E-state index < -0.39 is 12.0 Å². The standard InChI is InChI=1S/C26H31N3O3/c1-5-29(14-16(2)3)15-18-12-17(10-11-23(18)32-4)24-25-20(13-22(28-24)26(30)31)19-8-6-7-9-21(19)27-25/h6-12,22,24,27-28H,2,5,13-15H2,1,3-4H3,(H,30,31)/t22-,24-/m0/s1. The molecule has 3 aromatic rings. The van der Waals surface area contributed by atoms with Crippen LogP contribution in [0, 0.1) is 0 Å². The molecule has 32 heavy (non-hydrogen) atoms. The van der Waals surface area contributed by atoms with Crippen LogP contribution >= 0.6 is 0 Å². The SMILES string of the molecule is C=C(C)CN(CC)Cc1cc([C@@H]2N[C@H](C(=O)O)Cc3c2[nH]c2ccccc32)ccc1OC. The maximum Gasteiger partial charge on any atom is 0.321 e. The molecule has 1 aliphatic rings. The molecular formula is C26H31N3O3. The first-order valence-corrected chi connectivity index (χ1v) is 11.0. The van der Waals surface area contributed by atoms with Crippen LogP contribution in [0.25, 0.3) is 10.9 Å². The number of methoxy groups -OCH3 is 1. The first-order chi connectivity index (χ1) is 15.4. The van der Waals surface area contributed by atoms with Crippen LogP contribution < -0.4 is 10.1 Å². The van der Waals surface area contributed by atoms with E-state index in [0.29, 0.717) is 6.42 Å². The number of hydrogen-bond donors (Lipinski definition) is 3. The first-order valence-electron chi connectivity index (χ1n) is 11.0. The van der Waals surface area contributed by atoms with Crippen LogP contribution in [0.2, 0.25) is 0 Å². The predicted molar refractivity (Wildman–Crippen MR) is 127 cm³/mol. The van der Waals surface area contributed by atoms with E-state index in [4.69, 9.17) is 4.74 Å². The molecule has 0 amide bonds. The van der Waals surface area contributed by atoms with Gasteiger partial charge >= 0.3 is 5.97 Å². The largest absolute Gasteiger partial charge is 0.496 e. The average molecular weight is 434 g/mol. The van der Waals surface area contributed by atoms with Crippen molar-refractivity contribution in [1.29, 1.82) is 0 Å². The Bertz CT molecular complexity index is 1150. The molecule has 4 rings (SSSR count). The molecule has 6 heteroatoms. The van der Waals surface area contributed by atoms with E-state index in [9.17, 15) is 9.90 Å². The summed E-state index contributed by atoms with van der Waals surface area (Å²) in [5.74, 6) is -0.00494. The van der Waals surface area contributed by atoms with Gasteiger partial charge in [-0.1, -0.05) is 43.3 Å². The van der Waals surface area contributed by atoms with E-state index in [0.717, 1.165) is 64.2 Å². The fraction of sp³-hybridized carbons (Fsp3) is 0.346. The Morgan fingerprint density at radius 2 is 2.06 bits per heavy atom. The minimum absolute atomic E-state index is 0.242. The lowest BCUT2D eigenvalue weighted by atomic mass is 9.89. The topological polar surface area (TPSA) is 77.6 Å². The van der Waals surface area contributed by atoms with Gasteiger partial charge in [0, 0.05) is 41.7 Å². The highest BCUT2D eigenvalue weighted by Gasteiger charge is 2.34. The molecule has 2 heterocycles. The zero-order valence-electron chi connectivity index (χ0n) is 18.9. The minimum Gasteiger partial charge on any atom is -0.496 e. The number of para-hydroxylation sites is 1. The van der Waals surface area contributed by atoms with Crippen molar-refractivity contribution in [3.63, 3.8) is 0 Å². The smallest absolute Gasteiger partial charge is 0.321 e. The van der Waals surface area contributed by atoms with Gasteiger partial charge in [0.15, 0.2) is 0 Å². The van der Waals surface area contributed by atoms with E-state index >= 15 is 0 Å². The number of fused-ring (bicyclic) bond motifs is 3. The number of aliphatic carboxylic acids is 1. The maximum absolute atomic E-state index is 11.9. The van der Waals surface area contributed by atoms with Gasteiger partial charge in [0.2, 0.25) is 0 Å². The molecule has 0 saturated carbocycles. The number of H-pyrrole nitrogens is 1. The molecule has 0 radical (unpaired) electrons. The van der Waals surface area contributed by atoms with Crippen molar-refractivity contribution in [2.75, 3.05) is 20.2 Å². The molecule has 0 spiro atoms. The molecule has 0 saturated heterocycles. The average Bonchev–Trinajstić information content (AvgIpc) is 3.16. The van der Waals surface area contributed by atoms with E-state index in [1.54, 1.807) is 7.11 Å². The summed E-state index contributed by atoms with van der Waals surface area (Å²) in [5.41, 5.74) is 6.35. The molecule has 0 aliphatic carbocycles. The Labute approximate surface area is 188 Å². The molecule has 2 atom stereocenters. The summed E-state index contributed by atoms with van der Waals surface area (Å²) in [7, 11) is 1.68. The van der Waals surface area contributed by atoms with Gasteiger partial charge in [-0.3, -0.25) is 15.0 Å². The lowest BCUT2D eigenvalue weighted by Crippen LogP contribution is -2.45. The van der Waals surface area contributed by atoms with Crippen molar-refractivity contribution in [2.45, 2.75) is 38.9 Å². The number of carboxylic acids is 1. The number of ether oxygens (including phenoxy) is 1. The zero-order chi connectivity index (χ0) is 22.8. The second-order valence-electron chi connectivity index (χ2n) is 8.59. The number of benzene rings is 2. The van der Waals surface area contributed by atoms with Crippen molar-refractivity contribution in [2.24, 2.45) is 0 Å². The quantitative estimate of drug-likeness (QED) is 0.463. The molecule has 0 unspecified atom stereocenters. The van der Waals surface area contributed by atoms with Gasteiger partial charge in [-0.05, 0) is 42.8 Å². The van der Waals surface area contributed by atoms with Crippen LogP contribution in [0.4, 0.5) is 0 Å². The van der Waals surface area contributed by atoms with Crippen LogP contribution in [0.5, 0.6) is 5.75 Å². The minimum atomic E-state index is -0.835. The van der Waals surface area contributed by atoms with E-state index in [1.807, 2.05) is 37.3 Å². The fourth-order valence-electron chi connectivity index (χ4n) is 4.66. The third kappa shape index (κ3) is 4.29. The number of carbonyl (C=O) groups is 1. The first kappa shape index (κ1) is 22.1. The van der Waals surface area contributed by atoms with Gasteiger partial charge in [-0.2, -0.15) is 0 Å². The summed E-state index contributed by atoms with van der Waals surface area (Å²) in [5, 5.41) is 14.2. The Balaban J connectivity index is 1.77. The summed E-state index contributed by atoms with van der Waals surface area (Å²) in [6, 6.07) is 13.3. The molecule has 1 aromatic heterocycles. The van der Waals surface area contributed by atoms with Gasteiger partial charge in [0.25, 0.3) is 0 Å². The molecule has 1 aliphatic heterocycles. The van der Waals surface area contributed by atoms with Crippen LogP contribution in [-0.4, -0.2) is 47.2 Å². The van der Waals surface area contributed by atoms with Crippen molar-refractivity contribution in [3.05, 3.63) is 77.0 Å². The monoisotopic (exact) mass is 433 g/mol. The third-order valence-electron chi connectivity index (χ3n) is 6.18.